The molecule has 0 fully saturated rings. The average molecular weight is 144 g/mol. The second-order valence-electron chi connectivity index (χ2n) is 1.44. The van der Waals surface area contributed by atoms with Gasteiger partial charge in [-0.2, -0.15) is 13.2 Å². The second kappa shape index (κ2) is 3.08. The predicted octanol–water partition coefficient (Wildman–Crippen LogP) is 0.433. The smallest absolute Gasteiger partial charge is 0.388 e. The molecule has 0 aliphatic carbocycles. The van der Waals surface area contributed by atoms with E-state index in [1.807, 2.05) is 0 Å². The molecular weight excluding hydrogens is 137 g/mol. The Morgan fingerprint density at radius 1 is 1.38 bits per heavy atom. The molecule has 0 amide bonds. The maximum absolute atomic E-state index is 11.2. The van der Waals surface area contributed by atoms with E-state index in [4.69, 9.17) is 4.80 Å². The van der Waals surface area contributed by atoms with E-state index in [2.05, 4.69) is 0 Å². The first kappa shape index (κ1) is 7.97. The Morgan fingerprint density at radius 3 is 2.00 bits per heavy atom. The Labute approximate surface area is 47.5 Å². The van der Waals surface area contributed by atoms with Gasteiger partial charge in [-0.1, -0.05) is 0 Å². The quantitative estimate of drug-likeness (QED) is 0.557. The fraction of sp³-hybridized carbons (Fsp3) is 1.00. The molecule has 0 aliphatic rings. The Kier molecular flexibility index (Phi) is 3.07. The zero-order valence-corrected chi connectivity index (χ0v) is 5.62. The van der Waals surface area contributed by atoms with Crippen LogP contribution in [-0.2, 0) is 0 Å². The number of halogens is 3. The minimum atomic E-state index is -4.07. The Hall–Kier alpha value is -0.0331. The van der Waals surface area contributed by atoms with Crippen molar-refractivity contribution >= 4 is 9.76 Å². The van der Waals surface area contributed by atoms with Gasteiger partial charge in [0.05, 0.1) is 0 Å². The van der Waals surface area contributed by atoms with Gasteiger partial charge in [0, 0.05) is 6.42 Å². The second-order valence-corrected chi connectivity index (χ2v) is 2.60. The standard InChI is InChI=1S/C3H7F3OSi/c4-3(5,6)1-2-8-7/h7H,1-2,8H2. The predicted molar refractivity (Wildman–Crippen MR) is 26.2 cm³/mol. The van der Waals surface area contributed by atoms with Gasteiger partial charge in [0.2, 0.25) is 0 Å². The van der Waals surface area contributed by atoms with Crippen LogP contribution in [0.15, 0.2) is 0 Å². The van der Waals surface area contributed by atoms with Crippen molar-refractivity contribution in [2.24, 2.45) is 0 Å². The highest BCUT2D eigenvalue weighted by atomic mass is 28.2. The van der Waals surface area contributed by atoms with Gasteiger partial charge in [-0.25, -0.2) is 0 Å². The normalized spacial score (nSPS) is 13.5. The van der Waals surface area contributed by atoms with Crippen LogP contribution >= 0.6 is 0 Å². The Morgan fingerprint density at radius 2 is 1.88 bits per heavy atom. The molecule has 0 aromatic rings. The van der Waals surface area contributed by atoms with E-state index in [0.717, 1.165) is 0 Å². The third-order valence-corrected chi connectivity index (χ3v) is 1.29. The van der Waals surface area contributed by atoms with Crippen LogP contribution in [0.5, 0.6) is 0 Å². The van der Waals surface area contributed by atoms with Crippen molar-refractivity contribution in [1.29, 1.82) is 0 Å². The first-order valence-corrected chi connectivity index (χ1v) is 3.87. The molecule has 50 valence electrons. The van der Waals surface area contributed by atoms with Crippen LogP contribution in [0.1, 0.15) is 6.42 Å². The van der Waals surface area contributed by atoms with Crippen molar-refractivity contribution in [3.8, 4) is 0 Å². The topological polar surface area (TPSA) is 20.2 Å². The Bertz CT molecular complexity index is 62.0. The minimum Gasteiger partial charge on any atom is -0.438 e. The highest BCUT2D eigenvalue weighted by Gasteiger charge is 2.25. The summed E-state index contributed by atoms with van der Waals surface area (Å²) in [6.45, 7) is 0. The Balaban J connectivity index is 3.11. The summed E-state index contributed by atoms with van der Waals surface area (Å²) in [7, 11) is -1.39. The van der Waals surface area contributed by atoms with Crippen molar-refractivity contribution < 1.29 is 18.0 Å². The number of rotatable bonds is 2. The van der Waals surface area contributed by atoms with Gasteiger partial charge < -0.3 is 4.80 Å². The zero-order chi connectivity index (χ0) is 6.62. The average Bonchev–Trinajstić information content (AvgIpc) is 1.59. The van der Waals surface area contributed by atoms with Crippen LogP contribution in [0, 0.1) is 0 Å². The summed E-state index contributed by atoms with van der Waals surface area (Å²) in [5.41, 5.74) is 0. The van der Waals surface area contributed by atoms with E-state index in [0.29, 0.717) is 0 Å². The van der Waals surface area contributed by atoms with E-state index in [-0.39, 0.29) is 6.04 Å². The summed E-state index contributed by atoms with van der Waals surface area (Å²) >= 11 is 0. The molecular formula is C3H7F3OSi. The molecule has 8 heavy (non-hydrogen) atoms. The molecule has 0 saturated heterocycles. The maximum atomic E-state index is 11.2. The SMILES string of the molecule is O[SiH2]CCC(F)(F)F. The van der Waals surface area contributed by atoms with Gasteiger partial charge in [-0.15, -0.1) is 0 Å². The summed E-state index contributed by atoms with van der Waals surface area (Å²) < 4.78 is 33.5. The van der Waals surface area contributed by atoms with Crippen molar-refractivity contribution in [3.05, 3.63) is 0 Å². The molecule has 0 aromatic carbocycles. The van der Waals surface area contributed by atoms with Gasteiger partial charge >= 0.3 is 6.18 Å². The summed E-state index contributed by atoms with van der Waals surface area (Å²) in [6.07, 6.45) is -4.90. The summed E-state index contributed by atoms with van der Waals surface area (Å²) in [6, 6.07) is -0.0521. The van der Waals surface area contributed by atoms with Crippen LogP contribution in [0.25, 0.3) is 0 Å². The lowest BCUT2D eigenvalue weighted by molar-refractivity contribution is -0.130. The van der Waals surface area contributed by atoms with E-state index >= 15 is 0 Å². The first-order valence-electron chi connectivity index (χ1n) is 2.24. The lowest BCUT2D eigenvalue weighted by Crippen LogP contribution is -2.07. The number of hydrogen-bond acceptors (Lipinski definition) is 1. The van der Waals surface area contributed by atoms with Crippen LogP contribution in [-0.4, -0.2) is 20.7 Å². The zero-order valence-electron chi connectivity index (χ0n) is 4.20. The van der Waals surface area contributed by atoms with Crippen LogP contribution in [0.4, 0.5) is 13.2 Å². The van der Waals surface area contributed by atoms with Crippen LogP contribution in [0.3, 0.4) is 0 Å². The molecule has 1 nitrogen and oxygen atoms in total. The van der Waals surface area contributed by atoms with Gasteiger partial charge in [-0.05, 0) is 6.04 Å². The van der Waals surface area contributed by atoms with E-state index in [1.165, 1.54) is 0 Å². The third-order valence-electron chi connectivity index (χ3n) is 0.618. The van der Waals surface area contributed by atoms with Gasteiger partial charge in [0.25, 0.3) is 0 Å². The highest BCUT2D eigenvalue weighted by Crippen LogP contribution is 2.20. The number of hydrogen-bond donors (Lipinski definition) is 1. The molecule has 0 radical (unpaired) electrons. The molecule has 0 unspecified atom stereocenters. The van der Waals surface area contributed by atoms with Gasteiger partial charge in [0.15, 0.2) is 9.76 Å². The molecule has 1 N–H and O–H groups in total. The molecule has 0 saturated carbocycles. The van der Waals surface area contributed by atoms with Crippen molar-refractivity contribution in [2.75, 3.05) is 0 Å². The maximum Gasteiger partial charge on any atom is 0.388 e. The number of alkyl halides is 3. The molecule has 0 heterocycles. The molecule has 5 heteroatoms. The molecule has 0 spiro atoms. The highest BCUT2D eigenvalue weighted by molar-refractivity contribution is 6.25. The monoisotopic (exact) mass is 144 g/mol. The lowest BCUT2D eigenvalue weighted by atomic mass is 10.5. The van der Waals surface area contributed by atoms with Crippen molar-refractivity contribution in [1.82, 2.24) is 0 Å². The van der Waals surface area contributed by atoms with E-state index in [1.54, 1.807) is 0 Å². The van der Waals surface area contributed by atoms with E-state index in [9.17, 15) is 13.2 Å². The summed E-state index contributed by atoms with van der Waals surface area (Å²) in [5.74, 6) is 0. The van der Waals surface area contributed by atoms with E-state index < -0.39 is 22.4 Å². The first-order chi connectivity index (χ1) is 3.56. The van der Waals surface area contributed by atoms with Crippen LogP contribution in [0.2, 0.25) is 6.04 Å². The molecule has 0 aliphatic heterocycles. The minimum absolute atomic E-state index is 0.0521. The molecule has 0 bridgehead atoms. The molecule has 0 rings (SSSR count). The molecule has 0 aromatic heterocycles. The van der Waals surface area contributed by atoms with Crippen molar-refractivity contribution in [3.63, 3.8) is 0 Å². The van der Waals surface area contributed by atoms with Crippen LogP contribution < -0.4 is 0 Å². The summed E-state index contributed by atoms with van der Waals surface area (Å²) in [5, 5.41) is 0. The third kappa shape index (κ3) is 5.97. The van der Waals surface area contributed by atoms with Gasteiger partial charge in [-0.3, -0.25) is 0 Å². The lowest BCUT2D eigenvalue weighted by Gasteiger charge is -2.01. The van der Waals surface area contributed by atoms with Gasteiger partial charge in [0.1, 0.15) is 0 Å². The fourth-order valence-electron chi connectivity index (χ4n) is 0.280. The summed E-state index contributed by atoms with van der Waals surface area (Å²) in [4.78, 5) is 8.07. The molecule has 0 atom stereocenters. The fourth-order valence-corrected chi connectivity index (χ4v) is 0.839. The van der Waals surface area contributed by atoms with Crippen molar-refractivity contribution in [2.45, 2.75) is 18.6 Å². The largest absolute Gasteiger partial charge is 0.438 e.